The summed E-state index contributed by atoms with van der Waals surface area (Å²) in [7, 11) is 3.81. The molecule has 2 aromatic carbocycles. The number of phenols is 1. The van der Waals surface area contributed by atoms with E-state index in [1.165, 1.54) is 50.8 Å². The van der Waals surface area contributed by atoms with Gasteiger partial charge in [-0.1, -0.05) is 24.5 Å². The van der Waals surface area contributed by atoms with Gasteiger partial charge in [-0.05, 0) is 69.8 Å². The van der Waals surface area contributed by atoms with Crippen LogP contribution in [0.25, 0.3) is 10.8 Å². The molecule has 4 aliphatic heterocycles. The first-order valence-electron chi connectivity index (χ1n) is 14.6. The molecule has 0 spiro atoms. The number of piperidine rings is 1. The second kappa shape index (κ2) is 11.5. The summed E-state index contributed by atoms with van der Waals surface area (Å²) in [6, 6.07) is 10.9. The number of nitrogens with one attached hydrogen (secondary N) is 1. The van der Waals surface area contributed by atoms with Gasteiger partial charge in [0.15, 0.2) is 0 Å². The average Bonchev–Trinajstić information content (AvgIpc) is 3.32. The Kier molecular flexibility index (Phi) is 7.68. The lowest BCUT2D eigenvalue weighted by molar-refractivity contribution is 0.277. The Bertz CT molecular complexity index is 1400. The summed E-state index contributed by atoms with van der Waals surface area (Å²) in [5.41, 5.74) is 3.94. The molecule has 0 radical (unpaired) electrons. The van der Waals surface area contributed by atoms with Gasteiger partial charge in [0, 0.05) is 60.0 Å². The van der Waals surface area contributed by atoms with Crippen LogP contribution >= 0.6 is 0 Å². The van der Waals surface area contributed by atoms with Crippen LogP contribution in [0.5, 0.6) is 11.8 Å². The molecule has 3 fully saturated rings. The topological polar surface area (TPSA) is 77.0 Å². The predicted octanol–water partition coefficient (Wildman–Crippen LogP) is 3.93. The summed E-state index contributed by atoms with van der Waals surface area (Å²) in [5.74, 6) is 4.05. The van der Waals surface area contributed by atoms with Gasteiger partial charge in [-0.15, -0.1) is 6.42 Å². The van der Waals surface area contributed by atoms with Crippen molar-refractivity contribution < 1.29 is 9.84 Å². The summed E-state index contributed by atoms with van der Waals surface area (Å²) in [4.78, 5) is 16.6. The molecule has 2 atom stereocenters. The van der Waals surface area contributed by atoms with E-state index < -0.39 is 0 Å². The van der Waals surface area contributed by atoms with Crippen molar-refractivity contribution in [3.8, 4) is 24.1 Å². The average molecular weight is 541 g/mol. The highest BCUT2D eigenvalue weighted by Gasteiger charge is 2.35. The zero-order chi connectivity index (χ0) is 27.6. The quantitative estimate of drug-likeness (QED) is 0.484. The van der Waals surface area contributed by atoms with E-state index in [0.29, 0.717) is 24.6 Å². The first-order valence-corrected chi connectivity index (χ1v) is 14.6. The molecule has 2 N–H and O–H groups in total. The van der Waals surface area contributed by atoms with Crippen LogP contribution in [-0.4, -0.2) is 78.9 Å². The van der Waals surface area contributed by atoms with Crippen LogP contribution in [0.2, 0.25) is 0 Å². The lowest BCUT2D eigenvalue weighted by atomic mass is 9.99. The lowest BCUT2D eigenvalue weighted by Gasteiger charge is -2.37. The highest BCUT2D eigenvalue weighted by molar-refractivity contribution is 6.00. The van der Waals surface area contributed by atoms with Crippen LogP contribution in [0.4, 0.5) is 11.5 Å². The summed E-state index contributed by atoms with van der Waals surface area (Å²) < 4.78 is 5.50. The molecule has 40 heavy (non-hydrogen) atoms. The number of benzene rings is 2. The second-order valence-corrected chi connectivity index (χ2v) is 11.6. The van der Waals surface area contributed by atoms with Crippen LogP contribution < -0.4 is 19.9 Å². The first kappa shape index (κ1) is 26.7. The number of ether oxygens (including phenoxy) is 1. The number of rotatable bonds is 3. The predicted molar refractivity (Wildman–Crippen MR) is 160 cm³/mol. The van der Waals surface area contributed by atoms with E-state index >= 15 is 0 Å². The molecule has 0 saturated carbocycles. The van der Waals surface area contributed by atoms with E-state index in [9.17, 15) is 5.11 Å². The highest BCUT2D eigenvalue weighted by Crippen LogP contribution is 2.38. The largest absolute Gasteiger partial charge is 0.508 e. The Hall–Kier alpha value is -3.54. The van der Waals surface area contributed by atoms with E-state index in [0.717, 1.165) is 59.6 Å². The van der Waals surface area contributed by atoms with Crippen molar-refractivity contribution in [2.75, 3.05) is 56.7 Å². The minimum atomic E-state index is 0.231. The second-order valence-electron chi connectivity index (χ2n) is 11.6. The monoisotopic (exact) mass is 540 g/mol. The highest BCUT2D eigenvalue weighted by atomic mass is 16.5. The maximum Gasteiger partial charge on any atom is 0.318 e. The summed E-state index contributed by atoms with van der Waals surface area (Å²) in [6.07, 6.45) is 13.4. The van der Waals surface area contributed by atoms with Crippen LogP contribution in [-0.2, 0) is 13.0 Å². The number of likely N-dealkylation sites (tertiary alicyclic amines) is 1. The fourth-order valence-electron chi connectivity index (χ4n) is 6.73. The van der Waals surface area contributed by atoms with Gasteiger partial charge < -0.3 is 29.9 Å². The summed E-state index contributed by atoms with van der Waals surface area (Å²) in [6.45, 7) is 5.98. The van der Waals surface area contributed by atoms with Crippen LogP contribution in [0.15, 0.2) is 30.3 Å². The Balaban J connectivity index is 0.000000363. The number of methoxy groups -OCH3 is 1. The van der Waals surface area contributed by atoms with Crippen LogP contribution in [0.1, 0.15) is 48.9 Å². The van der Waals surface area contributed by atoms with Crippen molar-refractivity contribution in [3.05, 3.63) is 47.2 Å². The number of aromatic nitrogens is 2. The molecule has 4 aliphatic rings. The zero-order valence-corrected chi connectivity index (χ0v) is 23.7. The van der Waals surface area contributed by atoms with Crippen molar-refractivity contribution in [2.24, 2.45) is 0 Å². The minimum absolute atomic E-state index is 0.231. The molecule has 5 heterocycles. The molecular weight excluding hydrogens is 500 g/mol. The van der Waals surface area contributed by atoms with Crippen LogP contribution in [0.3, 0.4) is 0 Å². The molecule has 8 heteroatoms. The summed E-state index contributed by atoms with van der Waals surface area (Å²) >= 11 is 0. The molecule has 7 rings (SSSR count). The first-order chi connectivity index (χ1) is 19.5. The molecule has 8 nitrogen and oxygen atoms in total. The van der Waals surface area contributed by atoms with Gasteiger partial charge in [0.25, 0.3) is 0 Å². The van der Waals surface area contributed by atoms with Gasteiger partial charge in [-0.3, -0.25) is 0 Å². The van der Waals surface area contributed by atoms with Crippen molar-refractivity contribution in [3.63, 3.8) is 0 Å². The number of nitrogens with zero attached hydrogens (tertiary/aromatic N) is 5. The van der Waals surface area contributed by atoms with E-state index in [4.69, 9.17) is 21.1 Å². The van der Waals surface area contributed by atoms with Gasteiger partial charge in [0.2, 0.25) is 0 Å². The number of hydrogen-bond donors (Lipinski definition) is 2. The maximum absolute atomic E-state index is 10.4. The zero-order valence-electron chi connectivity index (χ0n) is 23.7. The Morgan fingerprint density at radius 3 is 2.48 bits per heavy atom. The van der Waals surface area contributed by atoms with Crippen molar-refractivity contribution in [2.45, 2.75) is 57.2 Å². The van der Waals surface area contributed by atoms with E-state index in [2.05, 4.69) is 33.0 Å². The molecule has 0 amide bonds. The summed E-state index contributed by atoms with van der Waals surface area (Å²) in [5, 5.41) is 16.0. The lowest BCUT2D eigenvalue weighted by Crippen LogP contribution is -2.52. The van der Waals surface area contributed by atoms with Crippen molar-refractivity contribution in [1.82, 2.24) is 20.2 Å². The van der Waals surface area contributed by atoms with Gasteiger partial charge in [-0.25, -0.2) is 0 Å². The number of hydrogen-bond acceptors (Lipinski definition) is 8. The Labute approximate surface area is 237 Å². The molecule has 2 bridgehead atoms. The fraction of sp³-hybridized carbons (Fsp3) is 0.500. The molecule has 2 unspecified atom stereocenters. The van der Waals surface area contributed by atoms with Crippen molar-refractivity contribution in [1.29, 1.82) is 0 Å². The van der Waals surface area contributed by atoms with Gasteiger partial charge in [-0.2, -0.15) is 9.97 Å². The molecule has 1 aromatic heterocycles. The SMILES string of the molecule is C#Cc1cccc2cc(O)cc(N3CCc4c(nc(OC)nc4N4CC5CCC(C4)N5)C3)c12.CN1CCCCC1. The normalized spacial score (nSPS) is 22.3. The van der Waals surface area contributed by atoms with Gasteiger partial charge in [0.1, 0.15) is 11.6 Å². The number of aromatic hydroxyl groups is 1. The molecular formula is C32H40N6O2. The number of fused-ring (bicyclic) bond motifs is 4. The Morgan fingerprint density at radius 2 is 1.80 bits per heavy atom. The smallest absolute Gasteiger partial charge is 0.318 e. The Morgan fingerprint density at radius 1 is 1.02 bits per heavy atom. The van der Waals surface area contributed by atoms with Gasteiger partial charge in [0.05, 0.1) is 19.3 Å². The third-order valence-corrected chi connectivity index (χ3v) is 8.74. The van der Waals surface area contributed by atoms with Gasteiger partial charge >= 0.3 is 6.01 Å². The third-order valence-electron chi connectivity index (χ3n) is 8.74. The molecule has 210 valence electrons. The molecule has 3 saturated heterocycles. The molecule has 3 aromatic rings. The van der Waals surface area contributed by atoms with E-state index in [-0.39, 0.29) is 5.75 Å². The number of anilines is 2. The fourth-order valence-corrected chi connectivity index (χ4v) is 6.73. The van der Waals surface area contributed by atoms with Crippen LogP contribution in [0, 0.1) is 12.3 Å². The number of piperazine rings is 1. The maximum atomic E-state index is 10.4. The minimum Gasteiger partial charge on any atom is -0.508 e. The number of phenolic OH excluding ortho intramolecular Hbond substituents is 1. The number of terminal acetylenes is 1. The standard InChI is InChI=1S/C26H27N5O2.C6H13N/c1-3-16-5-4-6-17-11-20(32)12-23(24(16)17)30-10-9-21-22(15-30)28-26(33-2)29-25(21)31-13-18-7-8-19(14-31)27-18;1-7-5-3-2-4-6-7/h1,4-6,11-12,18-19,27,32H,7-10,13-15H2,2H3;2-6H2,1H3. The molecule has 0 aliphatic carbocycles. The van der Waals surface area contributed by atoms with E-state index in [1.807, 2.05) is 24.3 Å². The third kappa shape index (κ3) is 5.41. The van der Waals surface area contributed by atoms with E-state index in [1.54, 1.807) is 13.2 Å². The van der Waals surface area contributed by atoms with Crippen molar-refractivity contribution >= 4 is 22.3 Å².